The van der Waals surface area contributed by atoms with Crippen molar-refractivity contribution in [3.05, 3.63) is 108 Å². The molecule has 0 atom stereocenters. The molecule has 4 rings (SSSR count). The Kier molecular flexibility index (Phi) is 7.28. The molecule has 8 nitrogen and oxygen atoms in total. The summed E-state index contributed by atoms with van der Waals surface area (Å²) in [4.78, 5) is 15.2. The van der Waals surface area contributed by atoms with Crippen LogP contribution in [0.2, 0.25) is 0 Å². The second-order valence-corrected chi connectivity index (χ2v) is 9.98. The van der Waals surface area contributed by atoms with Crippen LogP contribution in [0.25, 0.3) is 0 Å². The van der Waals surface area contributed by atoms with E-state index in [0.29, 0.717) is 22.6 Å². The first-order valence-electron chi connectivity index (χ1n) is 10.9. The zero-order chi connectivity index (χ0) is 24.8. The molecular formula is C26H25N3O5S. The van der Waals surface area contributed by atoms with Gasteiger partial charge in [0.05, 0.1) is 12.7 Å². The van der Waals surface area contributed by atoms with Crippen LogP contribution in [0.3, 0.4) is 0 Å². The number of hydrogen-bond acceptors (Lipinski definition) is 5. The van der Waals surface area contributed by atoms with Gasteiger partial charge in [0.25, 0.3) is 10.0 Å². The largest absolute Gasteiger partial charge is 0.481 e. The highest BCUT2D eigenvalue weighted by atomic mass is 32.2. The molecule has 1 aromatic heterocycles. The molecule has 0 aliphatic heterocycles. The fourth-order valence-electron chi connectivity index (χ4n) is 3.59. The van der Waals surface area contributed by atoms with Gasteiger partial charge in [-0.2, -0.15) is 4.31 Å². The molecule has 4 aromatic rings. The first-order chi connectivity index (χ1) is 16.8. The Labute approximate surface area is 204 Å². The van der Waals surface area contributed by atoms with Crippen molar-refractivity contribution in [3.63, 3.8) is 0 Å². The van der Waals surface area contributed by atoms with Gasteiger partial charge in [-0.1, -0.05) is 54.6 Å². The maximum absolute atomic E-state index is 13.5. The van der Waals surface area contributed by atoms with Crippen molar-refractivity contribution in [2.24, 2.45) is 7.05 Å². The van der Waals surface area contributed by atoms with Crippen molar-refractivity contribution in [2.75, 3.05) is 0 Å². The van der Waals surface area contributed by atoms with Crippen molar-refractivity contribution in [3.8, 4) is 11.5 Å². The van der Waals surface area contributed by atoms with Gasteiger partial charge in [0.2, 0.25) is 0 Å². The van der Waals surface area contributed by atoms with E-state index in [4.69, 9.17) is 9.84 Å². The van der Waals surface area contributed by atoms with Gasteiger partial charge in [-0.3, -0.25) is 4.79 Å². The van der Waals surface area contributed by atoms with E-state index in [-0.39, 0.29) is 24.5 Å². The van der Waals surface area contributed by atoms with Crippen molar-refractivity contribution in [1.29, 1.82) is 0 Å². The number of carbonyl (C=O) groups is 1. The number of carboxylic acids is 1. The Hall–Kier alpha value is -3.95. The highest BCUT2D eigenvalue weighted by molar-refractivity contribution is 7.89. The van der Waals surface area contributed by atoms with Crippen LogP contribution in [0.5, 0.6) is 11.5 Å². The lowest BCUT2D eigenvalue weighted by Crippen LogP contribution is -2.30. The highest BCUT2D eigenvalue weighted by Crippen LogP contribution is 2.24. The summed E-state index contributed by atoms with van der Waals surface area (Å²) in [5.74, 6) is 0.402. The zero-order valence-electron chi connectivity index (χ0n) is 19.1. The second kappa shape index (κ2) is 10.5. The highest BCUT2D eigenvalue weighted by Gasteiger charge is 2.27. The number of benzene rings is 3. The predicted octanol–water partition coefficient (Wildman–Crippen LogP) is 4.23. The summed E-state index contributed by atoms with van der Waals surface area (Å²) < 4.78 is 35.7. The molecular weight excluding hydrogens is 466 g/mol. The number of aromatic nitrogens is 2. The maximum Gasteiger partial charge on any atom is 0.307 e. The van der Waals surface area contributed by atoms with Crippen LogP contribution in [0.15, 0.2) is 96.4 Å². The van der Waals surface area contributed by atoms with Crippen LogP contribution < -0.4 is 4.74 Å². The van der Waals surface area contributed by atoms with Crippen LogP contribution in [-0.2, 0) is 41.4 Å². The van der Waals surface area contributed by atoms with Gasteiger partial charge in [0.15, 0.2) is 5.03 Å². The number of hydrogen-bond donors (Lipinski definition) is 1. The monoisotopic (exact) mass is 491 g/mol. The van der Waals surface area contributed by atoms with Crippen molar-refractivity contribution >= 4 is 16.0 Å². The van der Waals surface area contributed by atoms with Crippen molar-refractivity contribution in [2.45, 2.75) is 24.5 Å². The number of rotatable bonds is 10. The van der Waals surface area contributed by atoms with E-state index in [1.807, 2.05) is 42.5 Å². The van der Waals surface area contributed by atoms with Gasteiger partial charge in [-0.25, -0.2) is 13.4 Å². The Morgan fingerprint density at radius 2 is 1.57 bits per heavy atom. The SMILES string of the molecule is Cn1cnc(S(=O)(=O)N(Cc2ccc(Oc3ccccc3)cc2)Cc2cccc(CC(=O)O)c2)c1. The summed E-state index contributed by atoms with van der Waals surface area (Å²) in [6.45, 7) is 0.169. The Morgan fingerprint density at radius 3 is 2.23 bits per heavy atom. The molecule has 0 fully saturated rings. The van der Waals surface area contributed by atoms with Crippen molar-refractivity contribution in [1.82, 2.24) is 13.9 Å². The average molecular weight is 492 g/mol. The van der Waals surface area contributed by atoms with E-state index in [0.717, 1.165) is 5.56 Å². The minimum absolute atomic E-state index is 0.0503. The quantitative estimate of drug-likeness (QED) is 0.356. The summed E-state index contributed by atoms with van der Waals surface area (Å²) in [6.07, 6.45) is 2.76. The third-order valence-electron chi connectivity index (χ3n) is 5.25. The van der Waals surface area contributed by atoms with Gasteiger partial charge >= 0.3 is 5.97 Å². The summed E-state index contributed by atoms with van der Waals surface area (Å²) in [5, 5.41) is 9.05. The maximum atomic E-state index is 13.5. The third kappa shape index (κ3) is 6.34. The molecule has 0 bridgehead atoms. The minimum atomic E-state index is -3.92. The van der Waals surface area contributed by atoms with Gasteiger partial charge < -0.3 is 14.4 Å². The number of aryl methyl sites for hydroxylation is 1. The number of para-hydroxylation sites is 1. The van der Waals surface area contributed by atoms with Gasteiger partial charge in [0.1, 0.15) is 11.5 Å². The number of ether oxygens (including phenoxy) is 1. The topological polar surface area (TPSA) is 102 Å². The molecule has 0 saturated carbocycles. The number of imidazole rings is 1. The van der Waals surface area contributed by atoms with Crippen LogP contribution in [0.4, 0.5) is 0 Å². The van der Waals surface area contributed by atoms with Gasteiger partial charge in [0, 0.05) is 26.3 Å². The van der Waals surface area contributed by atoms with Crippen LogP contribution in [0, 0.1) is 0 Å². The van der Waals surface area contributed by atoms with E-state index >= 15 is 0 Å². The Morgan fingerprint density at radius 1 is 0.914 bits per heavy atom. The van der Waals surface area contributed by atoms with Crippen LogP contribution in [-0.4, -0.2) is 33.3 Å². The van der Waals surface area contributed by atoms with Gasteiger partial charge in [-0.15, -0.1) is 0 Å². The lowest BCUT2D eigenvalue weighted by atomic mass is 10.1. The summed E-state index contributed by atoms with van der Waals surface area (Å²) >= 11 is 0. The van der Waals surface area contributed by atoms with E-state index in [1.54, 1.807) is 48.0 Å². The third-order valence-corrected chi connectivity index (χ3v) is 6.93. The summed E-state index contributed by atoms with van der Waals surface area (Å²) in [7, 11) is -2.21. The van der Waals surface area contributed by atoms with E-state index < -0.39 is 16.0 Å². The molecule has 9 heteroatoms. The minimum Gasteiger partial charge on any atom is -0.481 e. The number of nitrogens with zero attached hydrogens (tertiary/aromatic N) is 3. The number of carboxylic acid groups (broad SMARTS) is 1. The fourth-order valence-corrected chi connectivity index (χ4v) is 4.97. The van der Waals surface area contributed by atoms with E-state index in [9.17, 15) is 13.2 Å². The second-order valence-electron chi connectivity index (χ2n) is 8.10. The standard InChI is InChI=1S/C26H25N3O5S/c1-28-18-25(27-19-28)35(32,33)29(17-22-7-5-6-21(14-22)15-26(30)31)16-20-10-12-24(13-11-20)34-23-8-3-2-4-9-23/h2-14,18-19H,15-17H2,1H3,(H,30,31). The summed E-state index contributed by atoms with van der Waals surface area (Å²) in [6, 6.07) is 23.5. The van der Waals surface area contributed by atoms with E-state index in [1.165, 1.54) is 16.8 Å². The zero-order valence-corrected chi connectivity index (χ0v) is 19.9. The molecule has 1 heterocycles. The molecule has 0 aliphatic carbocycles. The van der Waals surface area contributed by atoms with Gasteiger partial charge in [-0.05, 0) is 41.0 Å². The molecule has 180 valence electrons. The molecule has 0 unspecified atom stereocenters. The lowest BCUT2D eigenvalue weighted by Gasteiger charge is -2.22. The molecule has 3 aromatic carbocycles. The molecule has 0 saturated heterocycles. The molecule has 1 N–H and O–H groups in total. The molecule has 0 aliphatic rings. The normalized spacial score (nSPS) is 11.5. The average Bonchev–Trinajstić information content (AvgIpc) is 3.27. The summed E-state index contributed by atoms with van der Waals surface area (Å²) in [5.41, 5.74) is 2.06. The molecule has 0 radical (unpaired) electrons. The first-order valence-corrected chi connectivity index (χ1v) is 12.3. The number of sulfonamides is 1. The molecule has 0 spiro atoms. The fraction of sp³-hybridized carbons (Fsp3) is 0.154. The Balaban J connectivity index is 1.59. The number of aliphatic carboxylic acids is 1. The first kappa shape index (κ1) is 24.2. The smallest absolute Gasteiger partial charge is 0.307 e. The lowest BCUT2D eigenvalue weighted by molar-refractivity contribution is -0.136. The molecule has 0 amide bonds. The molecule has 35 heavy (non-hydrogen) atoms. The predicted molar refractivity (Wildman–Crippen MR) is 130 cm³/mol. The van der Waals surface area contributed by atoms with Crippen LogP contribution >= 0.6 is 0 Å². The Bertz CT molecular complexity index is 1400. The van der Waals surface area contributed by atoms with Crippen molar-refractivity contribution < 1.29 is 23.1 Å². The van der Waals surface area contributed by atoms with Crippen LogP contribution in [0.1, 0.15) is 16.7 Å². The van der Waals surface area contributed by atoms with E-state index in [2.05, 4.69) is 4.98 Å².